The maximum atomic E-state index is 2.35. The molecule has 0 amide bonds. The van der Waals surface area contributed by atoms with E-state index in [4.69, 9.17) is 0 Å². The molecule has 0 fully saturated rings. The van der Waals surface area contributed by atoms with E-state index in [-0.39, 0.29) is 0 Å². The van der Waals surface area contributed by atoms with Gasteiger partial charge >= 0.3 is 89.2 Å². The molecule has 0 aliphatic carbocycles. The average molecular weight is 282 g/mol. The molecule has 1 heteroatoms. The first-order chi connectivity index (χ1) is 6.38. The Morgan fingerprint density at radius 3 is 1.92 bits per heavy atom. The Labute approximate surface area is 89.1 Å². The second-order valence-corrected chi connectivity index (χ2v) is 11.4. The molecule has 0 aliphatic heterocycles. The van der Waals surface area contributed by atoms with Gasteiger partial charge in [-0.3, -0.25) is 0 Å². The van der Waals surface area contributed by atoms with E-state index in [1.807, 2.05) is 0 Å². The summed E-state index contributed by atoms with van der Waals surface area (Å²) >= 11 is -1.17. The van der Waals surface area contributed by atoms with Crippen molar-refractivity contribution in [2.24, 2.45) is 0 Å². The molecular formula is C12H19Sn. The predicted octanol–water partition coefficient (Wildman–Crippen LogP) is 3.21. The molecule has 1 rings (SSSR count). The third-order valence-electron chi connectivity index (χ3n) is 2.29. The molecule has 0 bridgehead atoms. The normalized spacial score (nSPS) is 10.7. The monoisotopic (exact) mass is 283 g/mol. The molecule has 0 N–H and O–H groups in total. The zero-order valence-electron chi connectivity index (χ0n) is 8.72. The molecule has 0 aromatic heterocycles. The minimum absolute atomic E-state index is 1.17. The summed E-state index contributed by atoms with van der Waals surface area (Å²) in [4.78, 5) is 0. The zero-order valence-corrected chi connectivity index (χ0v) is 11.6. The van der Waals surface area contributed by atoms with Crippen LogP contribution in [0.4, 0.5) is 0 Å². The van der Waals surface area contributed by atoms with Gasteiger partial charge < -0.3 is 0 Å². The van der Waals surface area contributed by atoms with Crippen LogP contribution in [0.3, 0.4) is 0 Å². The van der Waals surface area contributed by atoms with E-state index in [0.717, 1.165) is 0 Å². The Kier molecular flexibility index (Phi) is 5.52. The second-order valence-electron chi connectivity index (χ2n) is 3.47. The second kappa shape index (κ2) is 6.47. The van der Waals surface area contributed by atoms with Crippen molar-refractivity contribution in [3.63, 3.8) is 0 Å². The Bertz CT molecular complexity index is 212. The third kappa shape index (κ3) is 3.72. The molecule has 0 saturated carbocycles. The Morgan fingerprint density at radius 1 is 0.923 bits per heavy atom. The summed E-state index contributed by atoms with van der Waals surface area (Å²) in [6, 6.07) is 11.2. The molecule has 0 atom stereocenters. The Hall–Kier alpha value is 0.0187. The summed E-state index contributed by atoms with van der Waals surface area (Å²) in [6.45, 7) is 4.64. The zero-order chi connectivity index (χ0) is 9.52. The van der Waals surface area contributed by atoms with Gasteiger partial charge in [-0.1, -0.05) is 0 Å². The van der Waals surface area contributed by atoms with Gasteiger partial charge in [-0.25, -0.2) is 0 Å². The van der Waals surface area contributed by atoms with Crippen molar-refractivity contribution in [1.82, 2.24) is 0 Å². The first kappa shape index (κ1) is 11.1. The Balaban J connectivity index is 2.64. The van der Waals surface area contributed by atoms with E-state index in [2.05, 4.69) is 44.2 Å². The summed E-state index contributed by atoms with van der Waals surface area (Å²) in [5, 5.41) is 0. The molecule has 1 aromatic carbocycles. The first-order valence-electron chi connectivity index (χ1n) is 5.28. The number of hydrogen-bond acceptors (Lipinski definition) is 0. The van der Waals surface area contributed by atoms with Crippen LogP contribution < -0.4 is 3.58 Å². The molecule has 0 unspecified atom stereocenters. The SMILES string of the molecule is CC[CH2][Sn]([CH2]CC)[c]1ccccc1. The Morgan fingerprint density at radius 2 is 1.46 bits per heavy atom. The van der Waals surface area contributed by atoms with Gasteiger partial charge in [-0.2, -0.15) is 0 Å². The van der Waals surface area contributed by atoms with Gasteiger partial charge in [0.05, 0.1) is 0 Å². The molecular weight excluding hydrogens is 263 g/mol. The third-order valence-corrected chi connectivity index (χ3v) is 11.9. The summed E-state index contributed by atoms with van der Waals surface area (Å²) in [5.74, 6) is 0. The van der Waals surface area contributed by atoms with Gasteiger partial charge in [0, 0.05) is 0 Å². The van der Waals surface area contributed by atoms with Crippen LogP contribution in [-0.2, 0) is 0 Å². The van der Waals surface area contributed by atoms with Crippen molar-refractivity contribution in [1.29, 1.82) is 0 Å². The van der Waals surface area contributed by atoms with Gasteiger partial charge in [-0.15, -0.1) is 0 Å². The predicted molar refractivity (Wildman–Crippen MR) is 62.0 cm³/mol. The summed E-state index contributed by atoms with van der Waals surface area (Å²) in [5.41, 5.74) is 0. The van der Waals surface area contributed by atoms with Crippen molar-refractivity contribution in [3.8, 4) is 0 Å². The fourth-order valence-corrected chi connectivity index (χ4v) is 9.39. The van der Waals surface area contributed by atoms with Gasteiger partial charge in [0.15, 0.2) is 0 Å². The number of rotatable bonds is 5. The molecule has 0 aliphatic rings. The van der Waals surface area contributed by atoms with E-state index in [0.29, 0.717) is 0 Å². The van der Waals surface area contributed by atoms with Gasteiger partial charge in [0.2, 0.25) is 0 Å². The van der Waals surface area contributed by atoms with Gasteiger partial charge in [0.25, 0.3) is 0 Å². The van der Waals surface area contributed by atoms with Crippen LogP contribution in [0.2, 0.25) is 8.87 Å². The van der Waals surface area contributed by atoms with Gasteiger partial charge in [0.1, 0.15) is 0 Å². The van der Waals surface area contributed by atoms with Crippen molar-refractivity contribution in [3.05, 3.63) is 30.3 Å². The fourth-order valence-electron chi connectivity index (χ4n) is 1.69. The van der Waals surface area contributed by atoms with Crippen LogP contribution in [-0.4, -0.2) is 19.8 Å². The number of hydrogen-bond donors (Lipinski definition) is 0. The molecule has 13 heavy (non-hydrogen) atoms. The van der Waals surface area contributed by atoms with Crippen LogP contribution >= 0.6 is 0 Å². The molecule has 1 aromatic rings. The van der Waals surface area contributed by atoms with Crippen LogP contribution in [0.1, 0.15) is 26.7 Å². The van der Waals surface area contributed by atoms with Crippen LogP contribution in [0.15, 0.2) is 30.3 Å². The van der Waals surface area contributed by atoms with E-state index in [9.17, 15) is 0 Å². The van der Waals surface area contributed by atoms with Crippen molar-refractivity contribution in [2.45, 2.75) is 35.6 Å². The summed E-state index contributed by atoms with van der Waals surface area (Å²) in [7, 11) is 0. The van der Waals surface area contributed by atoms with E-state index in [1.165, 1.54) is 21.7 Å². The van der Waals surface area contributed by atoms with E-state index in [1.54, 1.807) is 3.58 Å². The fraction of sp³-hybridized carbons (Fsp3) is 0.500. The topological polar surface area (TPSA) is 0 Å². The molecule has 0 nitrogen and oxygen atoms in total. The molecule has 0 saturated heterocycles. The molecule has 71 valence electrons. The summed E-state index contributed by atoms with van der Waals surface area (Å²) < 4.78 is 4.77. The van der Waals surface area contributed by atoms with Crippen molar-refractivity contribution >= 4 is 23.3 Å². The average Bonchev–Trinajstić information content (AvgIpc) is 2.19. The standard InChI is InChI=1S/C6H5.2C3H7.Sn/c1-2-4-6-5-3-1;2*1-3-2;/h1-5H;2*1,3H2,2H3;. The minimum atomic E-state index is -1.17. The molecule has 0 spiro atoms. The number of benzene rings is 1. The maximum absolute atomic E-state index is 2.35. The van der Waals surface area contributed by atoms with E-state index >= 15 is 0 Å². The van der Waals surface area contributed by atoms with Crippen molar-refractivity contribution < 1.29 is 0 Å². The van der Waals surface area contributed by atoms with Crippen LogP contribution in [0.25, 0.3) is 0 Å². The molecule has 1 radical (unpaired) electrons. The van der Waals surface area contributed by atoms with Crippen LogP contribution in [0, 0.1) is 0 Å². The van der Waals surface area contributed by atoms with Gasteiger partial charge in [-0.05, 0) is 0 Å². The van der Waals surface area contributed by atoms with Crippen molar-refractivity contribution in [2.75, 3.05) is 0 Å². The first-order valence-corrected chi connectivity index (χ1v) is 10.7. The summed E-state index contributed by atoms with van der Waals surface area (Å²) in [6.07, 6.45) is 2.76. The molecule has 0 heterocycles. The van der Waals surface area contributed by atoms with E-state index < -0.39 is 19.8 Å². The van der Waals surface area contributed by atoms with Crippen LogP contribution in [0.5, 0.6) is 0 Å². The quantitative estimate of drug-likeness (QED) is 0.727.